The maximum Gasteiger partial charge on any atom is 0.139 e. The zero-order valence-electron chi connectivity index (χ0n) is 7.74. The zero-order valence-corrected chi connectivity index (χ0v) is 9.33. The van der Waals surface area contributed by atoms with Gasteiger partial charge in [0, 0.05) is 22.4 Å². The molecule has 0 heterocycles. The lowest BCUT2D eigenvalue weighted by Gasteiger charge is -1.96. The molecule has 1 aromatic rings. The summed E-state index contributed by atoms with van der Waals surface area (Å²) in [6.07, 6.45) is 0.421. The van der Waals surface area contributed by atoms with Gasteiger partial charge in [-0.15, -0.1) is 0 Å². The smallest absolute Gasteiger partial charge is 0.139 e. The standard InChI is InChI=1S/C10H7BrFN3/c11-9-5-3-6-10(12)8(9)4-1-2-7-14-15-13/h3,5-6H,2,7H2. The van der Waals surface area contributed by atoms with Crippen LogP contribution in [0.4, 0.5) is 4.39 Å². The topological polar surface area (TPSA) is 48.8 Å². The lowest BCUT2D eigenvalue weighted by Crippen LogP contribution is -1.84. The van der Waals surface area contributed by atoms with Crippen LogP contribution in [0.5, 0.6) is 0 Å². The van der Waals surface area contributed by atoms with E-state index in [4.69, 9.17) is 5.53 Å². The van der Waals surface area contributed by atoms with E-state index < -0.39 is 0 Å². The average Bonchev–Trinajstić information content (AvgIpc) is 2.21. The number of benzene rings is 1. The Morgan fingerprint density at radius 3 is 3.00 bits per heavy atom. The summed E-state index contributed by atoms with van der Waals surface area (Å²) >= 11 is 3.21. The molecule has 1 aromatic carbocycles. The van der Waals surface area contributed by atoms with E-state index in [-0.39, 0.29) is 5.82 Å². The molecule has 0 unspecified atom stereocenters. The highest BCUT2D eigenvalue weighted by atomic mass is 79.9. The van der Waals surface area contributed by atoms with Gasteiger partial charge in [0.1, 0.15) is 5.82 Å². The molecule has 0 amide bonds. The van der Waals surface area contributed by atoms with E-state index in [9.17, 15) is 4.39 Å². The van der Waals surface area contributed by atoms with Crippen molar-refractivity contribution in [3.05, 3.63) is 44.5 Å². The Kier molecular flexibility index (Phi) is 4.69. The van der Waals surface area contributed by atoms with Crippen LogP contribution >= 0.6 is 15.9 Å². The number of hydrogen-bond donors (Lipinski definition) is 0. The number of hydrogen-bond acceptors (Lipinski definition) is 1. The monoisotopic (exact) mass is 267 g/mol. The first kappa shape index (κ1) is 11.6. The Morgan fingerprint density at radius 2 is 2.33 bits per heavy atom. The summed E-state index contributed by atoms with van der Waals surface area (Å²) in [5, 5.41) is 3.32. The number of nitrogens with zero attached hydrogens (tertiary/aromatic N) is 3. The van der Waals surface area contributed by atoms with Crippen molar-refractivity contribution in [3.8, 4) is 11.8 Å². The fraction of sp³-hybridized carbons (Fsp3) is 0.200. The highest BCUT2D eigenvalue weighted by molar-refractivity contribution is 9.10. The summed E-state index contributed by atoms with van der Waals surface area (Å²) < 4.78 is 13.8. The summed E-state index contributed by atoms with van der Waals surface area (Å²) in [4.78, 5) is 2.59. The van der Waals surface area contributed by atoms with Crippen LogP contribution in [0, 0.1) is 17.7 Å². The van der Waals surface area contributed by atoms with Gasteiger partial charge in [-0.1, -0.05) is 23.0 Å². The zero-order chi connectivity index (χ0) is 11.1. The molecule has 1 rings (SSSR count). The molecule has 0 aliphatic heterocycles. The molecule has 0 saturated heterocycles. The van der Waals surface area contributed by atoms with Crippen molar-refractivity contribution in [1.82, 2.24) is 0 Å². The van der Waals surface area contributed by atoms with Gasteiger partial charge >= 0.3 is 0 Å². The van der Waals surface area contributed by atoms with Gasteiger partial charge in [0.05, 0.1) is 5.56 Å². The van der Waals surface area contributed by atoms with Crippen molar-refractivity contribution >= 4 is 15.9 Å². The molecular formula is C10H7BrFN3. The van der Waals surface area contributed by atoms with Gasteiger partial charge in [-0.05, 0) is 33.6 Å². The minimum atomic E-state index is -0.361. The van der Waals surface area contributed by atoms with Crippen LogP contribution in [0.15, 0.2) is 27.8 Å². The molecule has 0 aliphatic carbocycles. The largest absolute Gasteiger partial charge is 0.206 e. The van der Waals surface area contributed by atoms with Crippen LogP contribution < -0.4 is 0 Å². The third-order valence-corrected chi connectivity index (χ3v) is 2.24. The molecule has 0 fully saturated rings. The molecular weight excluding hydrogens is 261 g/mol. The highest BCUT2D eigenvalue weighted by Crippen LogP contribution is 2.18. The third-order valence-electron chi connectivity index (χ3n) is 1.58. The maximum atomic E-state index is 13.2. The van der Waals surface area contributed by atoms with E-state index in [1.54, 1.807) is 12.1 Å². The number of halogens is 2. The fourth-order valence-electron chi connectivity index (χ4n) is 0.919. The molecule has 0 saturated carbocycles. The summed E-state index contributed by atoms with van der Waals surface area (Å²) in [6, 6.07) is 4.67. The molecule has 0 aromatic heterocycles. The molecule has 0 bridgehead atoms. The second-order valence-electron chi connectivity index (χ2n) is 2.60. The van der Waals surface area contributed by atoms with Gasteiger partial charge in [-0.2, -0.15) is 0 Å². The molecule has 0 N–H and O–H groups in total. The first-order chi connectivity index (χ1) is 7.25. The van der Waals surface area contributed by atoms with Gasteiger partial charge in [-0.3, -0.25) is 0 Å². The Morgan fingerprint density at radius 1 is 1.53 bits per heavy atom. The number of rotatable bonds is 2. The van der Waals surface area contributed by atoms with Crippen molar-refractivity contribution in [2.24, 2.45) is 5.11 Å². The van der Waals surface area contributed by atoms with Crippen LogP contribution in [0.2, 0.25) is 0 Å². The summed E-state index contributed by atoms with van der Waals surface area (Å²) in [5.41, 5.74) is 8.35. The highest BCUT2D eigenvalue weighted by Gasteiger charge is 2.01. The molecule has 76 valence electrons. The fourth-order valence-corrected chi connectivity index (χ4v) is 1.36. The van der Waals surface area contributed by atoms with Crippen molar-refractivity contribution in [3.63, 3.8) is 0 Å². The second kappa shape index (κ2) is 6.07. The summed E-state index contributed by atoms with van der Waals surface area (Å²) in [5.74, 6) is 5.06. The van der Waals surface area contributed by atoms with E-state index in [1.807, 2.05) is 0 Å². The minimum Gasteiger partial charge on any atom is -0.206 e. The van der Waals surface area contributed by atoms with Gasteiger partial charge in [-0.25, -0.2) is 4.39 Å². The van der Waals surface area contributed by atoms with Crippen LogP contribution in [0.25, 0.3) is 10.4 Å². The normalized spacial score (nSPS) is 8.67. The SMILES string of the molecule is [N-]=[N+]=NCCC#Cc1c(F)cccc1Br. The lowest BCUT2D eigenvalue weighted by atomic mass is 10.2. The van der Waals surface area contributed by atoms with Crippen LogP contribution in [0.3, 0.4) is 0 Å². The van der Waals surface area contributed by atoms with Crippen molar-refractivity contribution in [2.75, 3.05) is 6.54 Å². The maximum absolute atomic E-state index is 13.2. The van der Waals surface area contributed by atoms with E-state index in [0.717, 1.165) is 0 Å². The molecule has 0 spiro atoms. The molecule has 0 aliphatic rings. The van der Waals surface area contributed by atoms with E-state index >= 15 is 0 Å². The molecule has 5 heteroatoms. The first-order valence-corrected chi connectivity index (χ1v) is 4.98. The van der Waals surface area contributed by atoms with E-state index in [0.29, 0.717) is 23.0 Å². The average molecular weight is 268 g/mol. The minimum absolute atomic E-state index is 0.301. The van der Waals surface area contributed by atoms with Crippen LogP contribution in [0.1, 0.15) is 12.0 Å². The number of azide groups is 1. The Bertz CT molecular complexity index is 435. The third kappa shape index (κ3) is 3.62. The Labute approximate surface area is 95.1 Å². The first-order valence-electron chi connectivity index (χ1n) is 4.19. The quantitative estimate of drug-likeness (QED) is 0.258. The van der Waals surface area contributed by atoms with Crippen LogP contribution in [-0.2, 0) is 0 Å². The molecule has 0 radical (unpaired) electrons. The van der Waals surface area contributed by atoms with Crippen LogP contribution in [-0.4, -0.2) is 6.54 Å². The summed E-state index contributed by atoms with van der Waals surface area (Å²) in [6.45, 7) is 0.301. The molecule has 3 nitrogen and oxygen atoms in total. The second-order valence-corrected chi connectivity index (χ2v) is 3.46. The van der Waals surface area contributed by atoms with E-state index in [1.165, 1.54) is 6.07 Å². The van der Waals surface area contributed by atoms with Gasteiger partial charge < -0.3 is 0 Å². The Hall–Kier alpha value is -1.50. The van der Waals surface area contributed by atoms with E-state index in [2.05, 4.69) is 37.8 Å². The predicted octanol–water partition coefficient (Wildman–Crippen LogP) is 3.64. The van der Waals surface area contributed by atoms with Crippen molar-refractivity contribution in [1.29, 1.82) is 0 Å². The van der Waals surface area contributed by atoms with Gasteiger partial charge in [0.2, 0.25) is 0 Å². The van der Waals surface area contributed by atoms with Gasteiger partial charge in [0.25, 0.3) is 0 Å². The molecule has 0 atom stereocenters. The Balaban J connectivity index is 2.75. The molecule has 15 heavy (non-hydrogen) atoms. The van der Waals surface area contributed by atoms with Crippen molar-refractivity contribution in [2.45, 2.75) is 6.42 Å². The van der Waals surface area contributed by atoms with Crippen molar-refractivity contribution < 1.29 is 4.39 Å². The lowest BCUT2D eigenvalue weighted by molar-refractivity contribution is 0.623. The predicted molar refractivity (Wildman–Crippen MR) is 59.6 cm³/mol. The summed E-state index contributed by atoms with van der Waals surface area (Å²) in [7, 11) is 0. The van der Waals surface area contributed by atoms with Gasteiger partial charge in [0.15, 0.2) is 0 Å².